The molecular weight excluding hydrogens is 292 g/mol. The number of aliphatic hydroxyl groups is 1. The van der Waals surface area contributed by atoms with Crippen molar-refractivity contribution in [2.24, 2.45) is 0 Å². The molecule has 23 heavy (non-hydrogen) atoms. The minimum atomic E-state index is -0.389. The number of nitrogens with zero attached hydrogens (tertiary/aromatic N) is 2. The van der Waals surface area contributed by atoms with Crippen LogP contribution in [0.2, 0.25) is 0 Å². The van der Waals surface area contributed by atoms with Gasteiger partial charge >= 0.3 is 0 Å². The van der Waals surface area contributed by atoms with Crippen LogP contribution in [0, 0.1) is 0 Å². The van der Waals surface area contributed by atoms with Gasteiger partial charge in [0, 0.05) is 45.0 Å². The molecule has 1 heterocycles. The zero-order valence-corrected chi connectivity index (χ0v) is 14.4. The first kappa shape index (κ1) is 18.0. The second-order valence-electron chi connectivity index (χ2n) is 6.07. The predicted molar refractivity (Wildman–Crippen MR) is 93.4 cm³/mol. The van der Waals surface area contributed by atoms with Crippen LogP contribution in [0.1, 0.15) is 19.8 Å². The van der Waals surface area contributed by atoms with Crippen molar-refractivity contribution in [2.75, 3.05) is 57.9 Å². The highest BCUT2D eigenvalue weighted by Gasteiger charge is 2.19. The maximum atomic E-state index is 10.0. The third-order valence-electron chi connectivity index (χ3n) is 4.23. The van der Waals surface area contributed by atoms with E-state index in [1.807, 2.05) is 12.1 Å². The number of methoxy groups -OCH3 is 1. The number of ether oxygens (including phenoxy) is 2. The highest BCUT2D eigenvalue weighted by Crippen LogP contribution is 2.20. The van der Waals surface area contributed by atoms with E-state index in [0.29, 0.717) is 13.2 Å². The van der Waals surface area contributed by atoms with Crippen molar-refractivity contribution >= 4 is 5.69 Å². The van der Waals surface area contributed by atoms with Gasteiger partial charge in [-0.25, -0.2) is 0 Å². The molecule has 1 aliphatic heterocycles. The zero-order chi connectivity index (χ0) is 16.5. The van der Waals surface area contributed by atoms with Gasteiger partial charge in [0.2, 0.25) is 0 Å². The zero-order valence-electron chi connectivity index (χ0n) is 14.4. The Morgan fingerprint density at radius 1 is 1.13 bits per heavy atom. The van der Waals surface area contributed by atoms with Crippen molar-refractivity contribution in [1.82, 2.24) is 4.90 Å². The number of aliphatic hydroxyl groups excluding tert-OH is 1. The van der Waals surface area contributed by atoms with Gasteiger partial charge in [0.1, 0.15) is 5.75 Å². The van der Waals surface area contributed by atoms with Gasteiger partial charge < -0.3 is 19.5 Å². The lowest BCUT2D eigenvalue weighted by Gasteiger charge is -2.36. The fourth-order valence-electron chi connectivity index (χ4n) is 2.80. The summed E-state index contributed by atoms with van der Waals surface area (Å²) in [6, 6.07) is 8.20. The molecule has 1 fully saturated rings. The summed E-state index contributed by atoms with van der Waals surface area (Å²) < 4.78 is 10.7. The van der Waals surface area contributed by atoms with E-state index < -0.39 is 0 Å². The summed E-state index contributed by atoms with van der Waals surface area (Å²) in [7, 11) is 1.69. The van der Waals surface area contributed by atoms with E-state index in [-0.39, 0.29) is 6.10 Å². The lowest BCUT2D eigenvalue weighted by Crippen LogP contribution is -2.49. The van der Waals surface area contributed by atoms with Crippen molar-refractivity contribution in [3.63, 3.8) is 0 Å². The van der Waals surface area contributed by atoms with Crippen LogP contribution in [-0.4, -0.2) is 69.2 Å². The van der Waals surface area contributed by atoms with Crippen LogP contribution in [0.15, 0.2) is 24.3 Å². The third-order valence-corrected chi connectivity index (χ3v) is 4.23. The second-order valence-corrected chi connectivity index (χ2v) is 6.07. The van der Waals surface area contributed by atoms with Gasteiger partial charge in [-0.1, -0.05) is 13.3 Å². The summed E-state index contributed by atoms with van der Waals surface area (Å²) >= 11 is 0. The molecule has 5 heteroatoms. The van der Waals surface area contributed by atoms with Crippen molar-refractivity contribution < 1.29 is 14.6 Å². The van der Waals surface area contributed by atoms with Gasteiger partial charge in [-0.3, -0.25) is 4.90 Å². The summed E-state index contributed by atoms with van der Waals surface area (Å²) in [5.74, 6) is 0.888. The largest absolute Gasteiger partial charge is 0.497 e. The molecule has 2 rings (SSSR count). The molecule has 5 nitrogen and oxygen atoms in total. The highest BCUT2D eigenvalue weighted by atomic mass is 16.5. The topological polar surface area (TPSA) is 45.2 Å². The van der Waals surface area contributed by atoms with Gasteiger partial charge in [0.05, 0.1) is 19.8 Å². The van der Waals surface area contributed by atoms with Crippen LogP contribution in [-0.2, 0) is 4.74 Å². The Bertz CT molecular complexity index is 430. The molecule has 1 saturated heterocycles. The van der Waals surface area contributed by atoms with Crippen LogP contribution in [0.5, 0.6) is 5.75 Å². The van der Waals surface area contributed by atoms with Crippen LogP contribution >= 0.6 is 0 Å². The fourth-order valence-corrected chi connectivity index (χ4v) is 2.80. The number of unbranched alkanes of at least 4 members (excludes halogenated alkanes) is 1. The molecule has 1 aromatic carbocycles. The van der Waals surface area contributed by atoms with Crippen molar-refractivity contribution in [3.05, 3.63) is 24.3 Å². The van der Waals surface area contributed by atoms with E-state index in [1.165, 1.54) is 5.69 Å². The molecule has 1 N–H and O–H groups in total. The Hall–Kier alpha value is -1.30. The third kappa shape index (κ3) is 6.01. The number of hydrogen-bond donors (Lipinski definition) is 1. The first-order chi connectivity index (χ1) is 11.2. The van der Waals surface area contributed by atoms with Gasteiger partial charge in [0.15, 0.2) is 0 Å². The number of piperazine rings is 1. The predicted octanol–water partition coefficient (Wildman–Crippen LogP) is 1.99. The van der Waals surface area contributed by atoms with E-state index in [0.717, 1.165) is 51.4 Å². The van der Waals surface area contributed by atoms with Gasteiger partial charge in [-0.05, 0) is 30.7 Å². The molecule has 0 spiro atoms. The Morgan fingerprint density at radius 2 is 1.83 bits per heavy atom. The van der Waals surface area contributed by atoms with Crippen LogP contribution in [0.4, 0.5) is 5.69 Å². The quantitative estimate of drug-likeness (QED) is 0.705. The minimum Gasteiger partial charge on any atom is -0.497 e. The molecule has 130 valence electrons. The van der Waals surface area contributed by atoms with Crippen LogP contribution in [0.25, 0.3) is 0 Å². The SMILES string of the molecule is CCCCOCC(O)CN1CCN(c2ccc(OC)cc2)CC1. The molecule has 0 bridgehead atoms. The van der Waals surface area contributed by atoms with Crippen LogP contribution in [0.3, 0.4) is 0 Å². The number of hydrogen-bond acceptors (Lipinski definition) is 5. The standard InChI is InChI=1S/C18H30N2O3/c1-3-4-13-23-15-17(21)14-19-9-11-20(12-10-19)16-5-7-18(22-2)8-6-16/h5-8,17,21H,3-4,9-15H2,1-2H3. The Balaban J connectivity index is 1.68. The number of benzene rings is 1. The monoisotopic (exact) mass is 322 g/mol. The highest BCUT2D eigenvalue weighted by molar-refractivity contribution is 5.49. The molecular formula is C18H30N2O3. The molecule has 0 aliphatic carbocycles. The first-order valence-electron chi connectivity index (χ1n) is 8.60. The summed E-state index contributed by atoms with van der Waals surface area (Å²) in [6.07, 6.45) is 1.80. The van der Waals surface area contributed by atoms with Crippen molar-refractivity contribution in [3.8, 4) is 5.75 Å². The maximum Gasteiger partial charge on any atom is 0.119 e. The summed E-state index contributed by atoms with van der Waals surface area (Å²) in [5.41, 5.74) is 1.23. The molecule has 1 unspecified atom stereocenters. The van der Waals surface area contributed by atoms with Gasteiger partial charge in [-0.15, -0.1) is 0 Å². The molecule has 0 amide bonds. The number of rotatable bonds is 9. The van der Waals surface area contributed by atoms with Crippen LogP contribution < -0.4 is 9.64 Å². The molecule has 1 aliphatic rings. The molecule has 0 radical (unpaired) electrons. The summed E-state index contributed by atoms with van der Waals surface area (Å²) in [6.45, 7) is 7.93. The minimum absolute atomic E-state index is 0.389. The Kier molecular flexibility index (Phi) is 7.65. The summed E-state index contributed by atoms with van der Waals surface area (Å²) in [4.78, 5) is 4.69. The molecule has 1 aromatic rings. The van der Waals surface area contributed by atoms with Crippen molar-refractivity contribution in [1.29, 1.82) is 0 Å². The van der Waals surface area contributed by atoms with E-state index in [2.05, 4.69) is 28.9 Å². The molecule has 1 atom stereocenters. The fraction of sp³-hybridized carbons (Fsp3) is 0.667. The Morgan fingerprint density at radius 3 is 2.43 bits per heavy atom. The normalized spacial score (nSPS) is 17.3. The second kappa shape index (κ2) is 9.75. The maximum absolute atomic E-state index is 10.0. The van der Waals surface area contributed by atoms with E-state index in [9.17, 15) is 5.11 Å². The van der Waals surface area contributed by atoms with E-state index >= 15 is 0 Å². The lowest BCUT2D eigenvalue weighted by atomic mass is 10.2. The average Bonchev–Trinajstić information content (AvgIpc) is 2.59. The number of anilines is 1. The molecule has 0 saturated carbocycles. The van der Waals surface area contributed by atoms with Gasteiger partial charge in [0.25, 0.3) is 0 Å². The Labute approximate surface area is 139 Å². The van der Waals surface area contributed by atoms with Gasteiger partial charge in [-0.2, -0.15) is 0 Å². The lowest BCUT2D eigenvalue weighted by molar-refractivity contribution is 0.0150. The smallest absolute Gasteiger partial charge is 0.119 e. The van der Waals surface area contributed by atoms with E-state index in [1.54, 1.807) is 7.11 Å². The number of β-amino-alcohol motifs (C(OH)–C–C–N with tert-alkyl or cyclic N) is 1. The first-order valence-corrected chi connectivity index (χ1v) is 8.60. The summed E-state index contributed by atoms with van der Waals surface area (Å²) in [5, 5.41) is 10.0. The average molecular weight is 322 g/mol. The van der Waals surface area contributed by atoms with E-state index in [4.69, 9.17) is 9.47 Å². The van der Waals surface area contributed by atoms with Crippen molar-refractivity contribution in [2.45, 2.75) is 25.9 Å². The molecule has 0 aromatic heterocycles.